The molecule has 9 rings (SSSR count). The molecule has 1 aliphatic carbocycles. The smallest absolute Gasteiger partial charge is 0.248 e. The van der Waals surface area contributed by atoms with Crippen LogP contribution in [0.1, 0.15) is 85.8 Å². The summed E-state index contributed by atoms with van der Waals surface area (Å²) in [6.07, 6.45) is 15.8. The fourth-order valence-corrected chi connectivity index (χ4v) is 8.29. The zero-order chi connectivity index (χ0) is 40.0. The van der Waals surface area contributed by atoms with Crippen LogP contribution in [-0.4, -0.2) is 20.4 Å². The molecular weight excluding hydrogens is 725 g/mol. The van der Waals surface area contributed by atoms with Crippen LogP contribution in [0, 0.1) is 0 Å². The molecule has 0 amide bonds. The van der Waals surface area contributed by atoms with Crippen molar-refractivity contribution in [3.05, 3.63) is 179 Å². The van der Waals surface area contributed by atoms with Crippen molar-refractivity contribution in [3.63, 3.8) is 0 Å². The quantitative estimate of drug-likeness (QED) is 0.102. The van der Waals surface area contributed by atoms with E-state index in [1.807, 2.05) is 84.9 Å². The highest BCUT2D eigenvalue weighted by Gasteiger charge is 2.42. The molecule has 1 aliphatic rings. The van der Waals surface area contributed by atoms with Gasteiger partial charge in [0.2, 0.25) is 23.6 Å². The fraction of sp³-hybridized carbons (Fsp3) is 0.170. The average Bonchev–Trinajstić information content (AvgIpc) is 4.06. The van der Waals surface area contributed by atoms with Crippen molar-refractivity contribution < 1.29 is 8.83 Å². The Morgan fingerprint density at radius 3 is 1.12 bits per heavy atom. The summed E-state index contributed by atoms with van der Waals surface area (Å²) < 4.78 is 12.0. The maximum Gasteiger partial charge on any atom is 0.248 e. The Bertz CT molecular complexity index is 2540. The summed E-state index contributed by atoms with van der Waals surface area (Å²) in [6, 6.07) is 50.4. The Balaban J connectivity index is 0.953. The van der Waals surface area contributed by atoms with Gasteiger partial charge in [0.25, 0.3) is 0 Å². The standard InChI is InChI=1S/C53H46N4O2/c1-3-5-33-53(34-6-4-2)47-35-39(19-17-37-21-27-43(28-22-37)51-56-54-49(58-51)41-13-9-7-10-14-41)25-31-45(47)46-32-26-40(36-48(46)53)20-18-38-23-29-44(30-24-38)52-57-55-50(59-52)42-15-11-8-12-16-42/h7-32,35-36H,3-6,33-34H2,1-2H3. The molecule has 59 heavy (non-hydrogen) atoms. The number of nitrogens with zero attached hydrogens (tertiary/aromatic N) is 4. The second-order valence-electron chi connectivity index (χ2n) is 15.4. The summed E-state index contributed by atoms with van der Waals surface area (Å²) in [5.74, 6) is 2.07. The van der Waals surface area contributed by atoms with Gasteiger partial charge in [-0.2, -0.15) is 0 Å². The minimum atomic E-state index is -0.0287. The summed E-state index contributed by atoms with van der Waals surface area (Å²) in [6.45, 7) is 4.61. The minimum absolute atomic E-state index is 0.0287. The van der Waals surface area contributed by atoms with E-state index in [1.54, 1.807) is 0 Å². The van der Waals surface area contributed by atoms with Crippen molar-refractivity contribution in [3.8, 4) is 56.9 Å². The third-order valence-electron chi connectivity index (χ3n) is 11.5. The largest absolute Gasteiger partial charge is 0.416 e. The maximum atomic E-state index is 5.99. The zero-order valence-corrected chi connectivity index (χ0v) is 33.5. The molecular formula is C53H46N4O2. The van der Waals surface area contributed by atoms with Crippen molar-refractivity contribution in [2.45, 2.75) is 57.8 Å². The van der Waals surface area contributed by atoms with Gasteiger partial charge in [0, 0.05) is 27.7 Å². The first-order valence-electron chi connectivity index (χ1n) is 20.7. The van der Waals surface area contributed by atoms with E-state index >= 15 is 0 Å². The molecule has 0 fully saturated rings. The first-order chi connectivity index (χ1) is 29.1. The average molecular weight is 771 g/mol. The van der Waals surface area contributed by atoms with Crippen LogP contribution >= 0.6 is 0 Å². The first kappa shape index (κ1) is 37.6. The van der Waals surface area contributed by atoms with E-state index in [0.717, 1.165) is 59.1 Å². The van der Waals surface area contributed by atoms with Gasteiger partial charge < -0.3 is 8.83 Å². The van der Waals surface area contributed by atoms with Gasteiger partial charge in [0.05, 0.1) is 0 Å². The molecule has 0 bridgehead atoms. The first-order valence-corrected chi connectivity index (χ1v) is 20.7. The number of fused-ring (bicyclic) bond motifs is 3. The maximum absolute atomic E-state index is 5.99. The van der Waals surface area contributed by atoms with Crippen molar-refractivity contribution in [2.24, 2.45) is 0 Å². The number of hydrogen-bond acceptors (Lipinski definition) is 6. The van der Waals surface area contributed by atoms with E-state index in [-0.39, 0.29) is 5.41 Å². The van der Waals surface area contributed by atoms with Crippen LogP contribution in [0.3, 0.4) is 0 Å². The molecule has 2 aromatic heterocycles. The molecule has 6 aromatic carbocycles. The molecule has 6 heteroatoms. The van der Waals surface area contributed by atoms with Gasteiger partial charge in [-0.05, 0) is 106 Å². The lowest BCUT2D eigenvalue weighted by Gasteiger charge is -2.33. The Labute approximate surface area is 346 Å². The third kappa shape index (κ3) is 7.86. The predicted molar refractivity (Wildman–Crippen MR) is 240 cm³/mol. The van der Waals surface area contributed by atoms with Crippen LogP contribution in [-0.2, 0) is 5.41 Å². The SMILES string of the molecule is CCCCC1(CCCC)c2cc(C=Cc3ccc(-c4nnc(-c5ccccc5)o4)cc3)ccc2-c2ccc(C=Cc3ccc(-c4nnc(-c5ccccc5)o4)cc3)cc21. The van der Waals surface area contributed by atoms with Gasteiger partial charge in [-0.25, -0.2) is 0 Å². The van der Waals surface area contributed by atoms with E-state index in [1.165, 1.54) is 46.2 Å². The van der Waals surface area contributed by atoms with Crippen LogP contribution < -0.4 is 0 Å². The zero-order valence-electron chi connectivity index (χ0n) is 33.5. The van der Waals surface area contributed by atoms with Gasteiger partial charge in [0.15, 0.2) is 0 Å². The second-order valence-corrected chi connectivity index (χ2v) is 15.4. The van der Waals surface area contributed by atoms with Crippen molar-refractivity contribution >= 4 is 24.3 Å². The Morgan fingerprint density at radius 2 is 0.746 bits per heavy atom. The molecule has 0 unspecified atom stereocenters. The highest BCUT2D eigenvalue weighted by atomic mass is 16.4. The highest BCUT2D eigenvalue weighted by Crippen LogP contribution is 2.54. The summed E-state index contributed by atoms with van der Waals surface area (Å²) in [5, 5.41) is 17.1. The number of unbranched alkanes of at least 4 members (excludes halogenated alkanes) is 2. The number of benzene rings is 6. The number of aromatic nitrogens is 4. The molecule has 290 valence electrons. The summed E-state index contributed by atoms with van der Waals surface area (Å²) >= 11 is 0. The summed E-state index contributed by atoms with van der Waals surface area (Å²) in [5.41, 5.74) is 13.9. The van der Waals surface area contributed by atoms with Gasteiger partial charge in [0.1, 0.15) is 0 Å². The second kappa shape index (κ2) is 16.9. The monoisotopic (exact) mass is 770 g/mol. The van der Waals surface area contributed by atoms with E-state index < -0.39 is 0 Å². The molecule has 2 heterocycles. The Hall–Kier alpha value is -6.92. The van der Waals surface area contributed by atoms with Crippen molar-refractivity contribution in [1.29, 1.82) is 0 Å². The van der Waals surface area contributed by atoms with E-state index in [9.17, 15) is 0 Å². The Kier molecular flexibility index (Phi) is 10.8. The van der Waals surface area contributed by atoms with Crippen LogP contribution in [0.2, 0.25) is 0 Å². The molecule has 0 atom stereocenters. The predicted octanol–water partition coefficient (Wildman–Crippen LogP) is 14.1. The minimum Gasteiger partial charge on any atom is -0.416 e. The van der Waals surface area contributed by atoms with Crippen LogP contribution in [0.4, 0.5) is 0 Å². The normalized spacial score (nSPS) is 13.0. The number of hydrogen-bond donors (Lipinski definition) is 0. The molecule has 0 aliphatic heterocycles. The van der Waals surface area contributed by atoms with Crippen molar-refractivity contribution in [1.82, 2.24) is 20.4 Å². The summed E-state index contributed by atoms with van der Waals surface area (Å²) in [4.78, 5) is 0. The molecule has 8 aromatic rings. The van der Waals surface area contributed by atoms with Gasteiger partial charge >= 0.3 is 0 Å². The molecule has 6 nitrogen and oxygen atoms in total. The Morgan fingerprint density at radius 1 is 0.407 bits per heavy atom. The third-order valence-corrected chi connectivity index (χ3v) is 11.5. The van der Waals surface area contributed by atoms with E-state index in [0.29, 0.717) is 23.6 Å². The van der Waals surface area contributed by atoms with Crippen LogP contribution in [0.25, 0.3) is 81.2 Å². The fourth-order valence-electron chi connectivity index (χ4n) is 8.29. The molecule has 0 N–H and O–H groups in total. The van der Waals surface area contributed by atoms with Gasteiger partial charge in [-0.3, -0.25) is 0 Å². The lowest BCUT2D eigenvalue weighted by molar-refractivity contribution is 0.414. The number of rotatable bonds is 14. The molecule has 0 spiro atoms. The van der Waals surface area contributed by atoms with Gasteiger partial charge in [-0.1, -0.05) is 161 Å². The van der Waals surface area contributed by atoms with Gasteiger partial charge in [-0.15, -0.1) is 20.4 Å². The topological polar surface area (TPSA) is 77.8 Å². The summed E-state index contributed by atoms with van der Waals surface area (Å²) in [7, 11) is 0. The lowest BCUT2D eigenvalue weighted by Crippen LogP contribution is -2.25. The lowest BCUT2D eigenvalue weighted by atomic mass is 9.70. The van der Waals surface area contributed by atoms with Crippen LogP contribution in [0.15, 0.2) is 154 Å². The molecule has 0 radical (unpaired) electrons. The molecule has 0 saturated carbocycles. The van der Waals surface area contributed by atoms with E-state index in [2.05, 4.69) is 119 Å². The van der Waals surface area contributed by atoms with Crippen LogP contribution in [0.5, 0.6) is 0 Å². The molecule has 0 saturated heterocycles. The highest BCUT2D eigenvalue weighted by molar-refractivity contribution is 5.85. The van der Waals surface area contributed by atoms with E-state index in [4.69, 9.17) is 8.83 Å². The van der Waals surface area contributed by atoms with Crippen molar-refractivity contribution in [2.75, 3.05) is 0 Å².